The van der Waals surface area contributed by atoms with Gasteiger partial charge in [0.05, 0.1) is 0 Å². The van der Waals surface area contributed by atoms with Crippen LogP contribution in [-0.2, 0) is 14.4 Å². The number of nitrogens with zero attached hydrogens (tertiary/aromatic N) is 1. The lowest BCUT2D eigenvalue weighted by atomic mass is 10.1. The molecule has 0 spiro atoms. The molecule has 0 aliphatic carbocycles. The van der Waals surface area contributed by atoms with E-state index >= 15 is 0 Å². The smallest absolute Gasteiger partial charge is 0.326 e. The standard InChI is InChI=1S/C12H22N4O5/c1-3-6-14-10(18)7-16(2)12(21)15-8(11(19)20)4-5-9(13)17/h8H,3-7H2,1-2H3,(H2,13,17)(H,14,18)(H,15,21)(H,19,20)/t8-/m1/s1. The molecule has 120 valence electrons. The lowest BCUT2D eigenvalue weighted by molar-refractivity contribution is -0.139. The molecule has 0 aromatic rings. The van der Waals surface area contributed by atoms with E-state index in [0.29, 0.717) is 6.54 Å². The van der Waals surface area contributed by atoms with Crippen LogP contribution < -0.4 is 16.4 Å². The molecule has 5 N–H and O–H groups in total. The largest absolute Gasteiger partial charge is 0.480 e. The lowest BCUT2D eigenvalue weighted by Gasteiger charge is -2.20. The molecule has 0 radical (unpaired) electrons. The quantitative estimate of drug-likeness (QED) is 0.426. The minimum Gasteiger partial charge on any atom is -0.480 e. The van der Waals surface area contributed by atoms with E-state index in [-0.39, 0.29) is 25.3 Å². The second-order valence-corrected chi connectivity index (χ2v) is 4.55. The maximum absolute atomic E-state index is 11.8. The third-order valence-corrected chi connectivity index (χ3v) is 2.57. The first kappa shape index (κ1) is 18.7. The highest BCUT2D eigenvalue weighted by molar-refractivity contribution is 5.86. The second-order valence-electron chi connectivity index (χ2n) is 4.55. The molecule has 9 nitrogen and oxygen atoms in total. The number of primary amides is 1. The Kier molecular flexibility index (Phi) is 8.51. The molecular weight excluding hydrogens is 280 g/mol. The van der Waals surface area contributed by atoms with E-state index < -0.39 is 23.9 Å². The second kappa shape index (κ2) is 9.56. The molecule has 0 aliphatic heterocycles. The van der Waals surface area contributed by atoms with Crippen molar-refractivity contribution in [1.29, 1.82) is 0 Å². The van der Waals surface area contributed by atoms with Crippen molar-refractivity contribution >= 4 is 23.8 Å². The Bertz CT molecular complexity index is 399. The van der Waals surface area contributed by atoms with Gasteiger partial charge in [0.1, 0.15) is 12.6 Å². The van der Waals surface area contributed by atoms with Gasteiger partial charge in [0, 0.05) is 20.0 Å². The summed E-state index contributed by atoms with van der Waals surface area (Å²) in [6.07, 6.45) is 0.514. The number of carbonyl (C=O) groups is 4. The van der Waals surface area contributed by atoms with Gasteiger partial charge in [-0.2, -0.15) is 0 Å². The van der Waals surface area contributed by atoms with E-state index in [2.05, 4.69) is 10.6 Å². The van der Waals surface area contributed by atoms with E-state index in [4.69, 9.17) is 10.8 Å². The van der Waals surface area contributed by atoms with Crippen molar-refractivity contribution in [3.8, 4) is 0 Å². The maximum Gasteiger partial charge on any atom is 0.326 e. The minimum absolute atomic E-state index is 0.105. The van der Waals surface area contributed by atoms with Crippen LogP contribution in [-0.4, -0.2) is 60.0 Å². The average Bonchev–Trinajstić information content (AvgIpc) is 2.40. The first-order chi connectivity index (χ1) is 9.77. The zero-order valence-corrected chi connectivity index (χ0v) is 12.2. The summed E-state index contributed by atoms with van der Waals surface area (Å²) >= 11 is 0. The summed E-state index contributed by atoms with van der Waals surface area (Å²) in [5.41, 5.74) is 4.94. The number of carbonyl (C=O) groups excluding carboxylic acids is 3. The van der Waals surface area contributed by atoms with Crippen LogP contribution in [0.2, 0.25) is 0 Å². The molecule has 0 bridgehead atoms. The number of likely N-dealkylation sites (N-methyl/N-ethyl adjacent to an activating group) is 1. The molecule has 4 amide bonds. The number of aliphatic carboxylic acids is 1. The first-order valence-corrected chi connectivity index (χ1v) is 6.57. The topological polar surface area (TPSA) is 142 Å². The molecular formula is C12H22N4O5. The number of urea groups is 1. The summed E-state index contributed by atoms with van der Waals surface area (Å²) in [6.45, 7) is 2.21. The van der Waals surface area contributed by atoms with E-state index in [1.807, 2.05) is 6.92 Å². The third-order valence-electron chi connectivity index (χ3n) is 2.57. The average molecular weight is 302 g/mol. The molecule has 0 aromatic heterocycles. The summed E-state index contributed by atoms with van der Waals surface area (Å²) in [6, 6.07) is -1.94. The van der Waals surface area contributed by atoms with Crippen LogP contribution in [0.25, 0.3) is 0 Å². The van der Waals surface area contributed by atoms with Crippen LogP contribution in [0.1, 0.15) is 26.2 Å². The highest BCUT2D eigenvalue weighted by atomic mass is 16.4. The molecule has 0 saturated carbocycles. The van der Waals surface area contributed by atoms with E-state index in [1.54, 1.807) is 0 Å². The van der Waals surface area contributed by atoms with Gasteiger partial charge in [0.2, 0.25) is 11.8 Å². The van der Waals surface area contributed by atoms with Gasteiger partial charge in [-0.25, -0.2) is 9.59 Å². The maximum atomic E-state index is 11.8. The Hall–Kier alpha value is -2.32. The van der Waals surface area contributed by atoms with Crippen molar-refractivity contribution in [2.45, 2.75) is 32.2 Å². The van der Waals surface area contributed by atoms with Crippen LogP contribution in [0.5, 0.6) is 0 Å². The molecule has 21 heavy (non-hydrogen) atoms. The summed E-state index contributed by atoms with van der Waals surface area (Å²) in [5.74, 6) is -2.25. The summed E-state index contributed by atoms with van der Waals surface area (Å²) < 4.78 is 0. The van der Waals surface area contributed by atoms with Gasteiger partial charge in [-0.1, -0.05) is 6.92 Å². The molecule has 9 heteroatoms. The van der Waals surface area contributed by atoms with Gasteiger partial charge in [0.25, 0.3) is 0 Å². The Morgan fingerprint density at radius 1 is 1.29 bits per heavy atom. The highest BCUT2D eigenvalue weighted by Gasteiger charge is 2.22. The SMILES string of the molecule is CCCNC(=O)CN(C)C(=O)N[C@H](CCC(N)=O)C(=O)O. The van der Waals surface area contributed by atoms with Crippen molar-refractivity contribution < 1.29 is 24.3 Å². The fourth-order valence-corrected chi connectivity index (χ4v) is 1.41. The minimum atomic E-state index is -1.27. The number of carboxylic acids is 1. The predicted octanol–water partition coefficient (Wildman–Crippen LogP) is -1.13. The molecule has 0 rings (SSSR count). The van der Waals surface area contributed by atoms with Gasteiger partial charge in [-0.05, 0) is 12.8 Å². The number of hydrogen-bond donors (Lipinski definition) is 4. The van der Waals surface area contributed by atoms with Crippen molar-refractivity contribution in [3.05, 3.63) is 0 Å². The van der Waals surface area contributed by atoms with Gasteiger partial charge in [-0.15, -0.1) is 0 Å². The fraction of sp³-hybridized carbons (Fsp3) is 0.667. The number of rotatable bonds is 9. The van der Waals surface area contributed by atoms with Gasteiger partial charge < -0.3 is 26.4 Å². The third kappa shape index (κ3) is 8.45. The number of nitrogens with one attached hydrogen (secondary N) is 2. The number of carboxylic acid groups (broad SMARTS) is 1. The molecule has 0 aliphatic rings. The van der Waals surface area contributed by atoms with Crippen molar-refractivity contribution in [2.24, 2.45) is 5.73 Å². The molecule has 0 heterocycles. The van der Waals surface area contributed by atoms with Gasteiger partial charge in [0.15, 0.2) is 0 Å². The van der Waals surface area contributed by atoms with Gasteiger partial charge >= 0.3 is 12.0 Å². The van der Waals surface area contributed by atoms with Gasteiger partial charge in [-0.3, -0.25) is 9.59 Å². The Morgan fingerprint density at radius 3 is 2.38 bits per heavy atom. The van der Waals surface area contributed by atoms with Crippen molar-refractivity contribution in [2.75, 3.05) is 20.1 Å². The van der Waals surface area contributed by atoms with E-state index in [1.165, 1.54) is 7.05 Å². The number of amides is 4. The highest BCUT2D eigenvalue weighted by Crippen LogP contribution is 1.99. The molecule has 0 aromatic carbocycles. The Balaban J connectivity index is 4.37. The number of nitrogens with two attached hydrogens (primary N) is 1. The van der Waals surface area contributed by atoms with Crippen molar-refractivity contribution in [1.82, 2.24) is 15.5 Å². The van der Waals surface area contributed by atoms with Crippen LogP contribution in [0.3, 0.4) is 0 Å². The normalized spacial score (nSPS) is 11.3. The molecule has 0 fully saturated rings. The Morgan fingerprint density at radius 2 is 1.90 bits per heavy atom. The first-order valence-electron chi connectivity index (χ1n) is 6.57. The fourth-order valence-electron chi connectivity index (χ4n) is 1.41. The molecule has 0 unspecified atom stereocenters. The van der Waals surface area contributed by atoms with Crippen molar-refractivity contribution in [3.63, 3.8) is 0 Å². The summed E-state index contributed by atoms with van der Waals surface area (Å²) in [5, 5.41) is 13.8. The lowest BCUT2D eigenvalue weighted by Crippen LogP contribution is -2.49. The zero-order chi connectivity index (χ0) is 16.4. The zero-order valence-electron chi connectivity index (χ0n) is 12.2. The van der Waals surface area contributed by atoms with Crippen LogP contribution in [0.4, 0.5) is 4.79 Å². The Labute approximate surface area is 122 Å². The summed E-state index contributed by atoms with van der Waals surface area (Å²) in [7, 11) is 1.37. The van der Waals surface area contributed by atoms with Crippen LogP contribution in [0, 0.1) is 0 Å². The monoisotopic (exact) mass is 302 g/mol. The molecule has 1 atom stereocenters. The summed E-state index contributed by atoms with van der Waals surface area (Å²) in [4.78, 5) is 45.9. The van der Waals surface area contributed by atoms with E-state index in [0.717, 1.165) is 11.3 Å². The predicted molar refractivity (Wildman–Crippen MR) is 74.3 cm³/mol. The molecule has 0 saturated heterocycles. The van der Waals surface area contributed by atoms with E-state index in [9.17, 15) is 19.2 Å². The number of hydrogen-bond acceptors (Lipinski definition) is 4. The van der Waals surface area contributed by atoms with Crippen LogP contribution >= 0.6 is 0 Å². The van der Waals surface area contributed by atoms with Crippen LogP contribution in [0.15, 0.2) is 0 Å².